The number of hydrogen-bond donors (Lipinski definition) is 0. The Morgan fingerprint density at radius 1 is 1.29 bits per heavy atom. The maximum Gasteiger partial charge on any atom is 0.263 e. The molecule has 1 saturated heterocycles. The summed E-state index contributed by atoms with van der Waals surface area (Å²) in [4.78, 5) is 25.0. The van der Waals surface area contributed by atoms with E-state index in [0.29, 0.717) is 6.54 Å². The van der Waals surface area contributed by atoms with E-state index in [1.165, 1.54) is 23.3 Å². The van der Waals surface area contributed by atoms with Crippen LogP contribution in [0.4, 0.5) is 0 Å². The van der Waals surface area contributed by atoms with Crippen LogP contribution < -0.4 is 5.56 Å². The van der Waals surface area contributed by atoms with Crippen molar-refractivity contribution in [2.75, 3.05) is 6.61 Å². The molecule has 1 atom stereocenters. The number of fused-ring (bicyclic) bond motifs is 3. The predicted octanol–water partition coefficient (Wildman–Crippen LogP) is 4.20. The monoisotopic (exact) mass is 413 g/mol. The fourth-order valence-electron chi connectivity index (χ4n) is 4.11. The van der Waals surface area contributed by atoms with Crippen molar-refractivity contribution in [3.05, 3.63) is 50.9 Å². The molecule has 3 aromatic heterocycles. The van der Waals surface area contributed by atoms with Crippen LogP contribution in [0, 0.1) is 0 Å². The molecule has 1 fully saturated rings. The van der Waals surface area contributed by atoms with Crippen LogP contribution in [0.5, 0.6) is 0 Å². The highest BCUT2D eigenvalue weighted by Crippen LogP contribution is 2.35. The first kappa shape index (κ1) is 18.3. The number of ether oxygens (including phenoxy) is 1. The quantitative estimate of drug-likeness (QED) is 0.463. The Morgan fingerprint density at radius 2 is 2.21 bits per heavy atom. The smallest absolute Gasteiger partial charge is 0.263 e. The molecule has 0 aromatic carbocycles. The van der Waals surface area contributed by atoms with E-state index < -0.39 is 0 Å². The van der Waals surface area contributed by atoms with Crippen LogP contribution >= 0.6 is 23.1 Å². The van der Waals surface area contributed by atoms with Crippen LogP contribution in [0.3, 0.4) is 0 Å². The number of pyridine rings is 1. The van der Waals surface area contributed by atoms with Crippen LogP contribution in [-0.4, -0.2) is 27.2 Å². The van der Waals surface area contributed by atoms with E-state index in [-0.39, 0.29) is 11.7 Å². The zero-order valence-electron chi connectivity index (χ0n) is 15.7. The predicted molar refractivity (Wildman–Crippen MR) is 113 cm³/mol. The normalized spacial score (nSPS) is 19.2. The molecule has 146 valence electrons. The molecule has 0 amide bonds. The Kier molecular flexibility index (Phi) is 5.22. The Labute approximate surface area is 172 Å². The van der Waals surface area contributed by atoms with Crippen molar-refractivity contribution in [2.45, 2.75) is 62.1 Å². The van der Waals surface area contributed by atoms with Gasteiger partial charge in [-0.3, -0.25) is 14.3 Å². The van der Waals surface area contributed by atoms with Crippen molar-refractivity contribution >= 4 is 33.3 Å². The van der Waals surface area contributed by atoms with Gasteiger partial charge in [0.2, 0.25) is 0 Å². The lowest BCUT2D eigenvalue weighted by Gasteiger charge is -2.16. The fourth-order valence-corrected chi connectivity index (χ4v) is 6.36. The zero-order valence-corrected chi connectivity index (χ0v) is 17.4. The van der Waals surface area contributed by atoms with Gasteiger partial charge in [-0.1, -0.05) is 17.8 Å². The van der Waals surface area contributed by atoms with Crippen LogP contribution in [0.1, 0.15) is 41.7 Å². The van der Waals surface area contributed by atoms with Crippen molar-refractivity contribution in [2.24, 2.45) is 0 Å². The molecular weight excluding hydrogens is 390 g/mol. The maximum atomic E-state index is 13.5. The van der Waals surface area contributed by atoms with Crippen molar-refractivity contribution in [1.29, 1.82) is 0 Å². The van der Waals surface area contributed by atoms with E-state index in [2.05, 4.69) is 11.1 Å². The molecule has 1 unspecified atom stereocenters. The number of aryl methyl sites for hydroxylation is 2. The van der Waals surface area contributed by atoms with Gasteiger partial charge in [0, 0.05) is 29.6 Å². The molecule has 5 nitrogen and oxygen atoms in total. The third-order valence-electron chi connectivity index (χ3n) is 5.54. The minimum absolute atomic E-state index is 0.115. The van der Waals surface area contributed by atoms with E-state index in [0.717, 1.165) is 59.0 Å². The summed E-state index contributed by atoms with van der Waals surface area (Å²) in [7, 11) is 0. The zero-order chi connectivity index (χ0) is 18.9. The Balaban J connectivity index is 1.56. The highest BCUT2D eigenvalue weighted by molar-refractivity contribution is 7.98. The summed E-state index contributed by atoms with van der Waals surface area (Å²) >= 11 is 3.34. The van der Waals surface area contributed by atoms with Gasteiger partial charge in [0.25, 0.3) is 5.56 Å². The number of rotatable bonds is 5. The van der Waals surface area contributed by atoms with E-state index in [9.17, 15) is 4.79 Å². The Bertz CT molecular complexity index is 1040. The average molecular weight is 414 g/mol. The first-order valence-corrected chi connectivity index (χ1v) is 11.8. The van der Waals surface area contributed by atoms with Crippen LogP contribution in [-0.2, 0) is 29.9 Å². The lowest BCUT2D eigenvalue weighted by Crippen LogP contribution is -2.29. The highest BCUT2D eigenvalue weighted by atomic mass is 32.2. The lowest BCUT2D eigenvalue weighted by molar-refractivity contribution is 0.0937. The van der Waals surface area contributed by atoms with Crippen LogP contribution in [0.2, 0.25) is 0 Å². The number of thioether (sulfide) groups is 1. The molecule has 0 spiro atoms. The molecule has 0 bridgehead atoms. The van der Waals surface area contributed by atoms with Gasteiger partial charge < -0.3 is 4.74 Å². The molecule has 1 aliphatic heterocycles. The summed E-state index contributed by atoms with van der Waals surface area (Å²) in [5, 5.41) is 1.67. The van der Waals surface area contributed by atoms with Crippen molar-refractivity contribution in [1.82, 2.24) is 14.5 Å². The van der Waals surface area contributed by atoms with Gasteiger partial charge >= 0.3 is 0 Å². The van der Waals surface area contributed by atoms with Gasteiger partial charge in [-0.25, -0.2) is 4.98 Å². The van der Waals surface area contributed by atoms with Crippen LogP contribution in [0.15, 0.2) is 34.5 Å². The van der Waals surface area contributed by atoms with Crippen LogP contribution in [0.25, 0.3) is 10.2 Å². The second kappa shape index (κ2) is 7.97. The summed E-state index contributed by atoms with van der Waals surface area (Å²) in [6.45, 7) is 1.39. The second-order valence-electron chi connectivity index (χ2n) is 7.49. The van der Waals surface area contributed by atoms with Gasteiger partial charge in [-0.15, -0.1) is 11.3 Å². The lowest BCUT2D eigenvalue weighted by atomic mass is 9.97. The Hall–Kier alpha value is -1.70. The van der Waals surface area contributed by atoms with E-state index in [1.807, 2.05) is 16.8 Å². The molecule has 0 radical (unpaired) electrons. The summed E-state index contributed by atoms with van der Waals surface area (Å²) in [5.74, 6) is 0.752. The standard InChI is InChI=1S/C21H23N3O2S2/c25-20-18-16-7-1-2-8-17(16)28-19(18)23-21(24(20)12-15-6-4-10-26-15)27-13-14-5-3-9-22-11-14/h3,5,9,11,15H,1-2,4,6-8,10,12-13H2. The average Bonchev–Trinajstić information content (AvgIpc) is 3.37. The number of hydrogen-bond acceptors (Lipinski definition) is 6. The largest absolute Gasteiger partial charge is 0.376 e. The highest BCUT2D eigenvalue weighted by Gasteiger charge is 2.24. The maximum absolute atomic E-state index is 13.5. The molecule has 28 heavy (non-hydrogen) atoms. The molecule has 0 N–H and O–H groups in total. The van der Waals surface area contributed by atoms with Crippen molar-refractivity contribution < 1.29 is 4.74 Å². The molecule has 1 aliphatic carbocycles. The molecule has 0 saturated carbocycles. The fraction of sp³-hybridized carbons (Fsp3) is 0.476. The second-order valence-corrected chi connectivity index (χ2v) is 9.51. The molecule has 5 rings (SSSR count). The SMILES string of the molecule is O=c1c2c3c(sc2nc(SCc2cccnc2)n1CC1CCCO1)CCCC3. The van der Waals surface area contributed by atoms with E-state index in [4.69, 9.17) is 9.72 Å². The first-order valence-electron chi connectivity index (χ1n) is 9.98. The van der Waals surface area contributed by atoms with E-state index in [1.54, 1.807) is 29.3 Å². The topological polar surface area (TPSA) is 57.0 Å². The molecule has 7 heteroatoms. The van der Waals surface area contributed by atoms with Gasteiger partial charge in [-0.05, 0) is 55.7 Å². The van der Waals surface area contributed by atoms with Gasteiger partial charge in [0.1, 0.15) is 4.83 Å². The number of nitrogens with zero attached hydrogens (tertiary/aromatic N) is 3. The third-order valence-corrected chi connectivity index (χ3v) is 7.77. The minimum Gasteiger partial charge on any atom is -0.376 e. The summed E-state index contributed by atoms with van der Waals surface area (Å²) in [6.07, 6.45) is 10.3. The number of thiophene rings is 1. The number of aromatic nitrogens is 3. The summed E-state index contributed by atoms with van der Waals surface area (Å²) in [5.41, 5.74) is 2.51. The minimum atomic E-state index is 0.115. The van der Waals surface area contributed by atoms with Gasteiger partial charge in [0.05, 0.1) is 18.0 Å². The Morgan fingerprint density at radius 3 is 3.04 bits per heavy atom. The van der Waals surface area contributed by atoms with Crippen molar-refractivity contribution in [3.63, 3.8) is 0 Å². The molecular formula is C21H23N3O2S2. The van der Waals surface area contributed by atoms with Crippen molar-refractivity contribution in [3.8, 4) is 0 Å². The summed E-state index contributed by atoms with van der Waals surface area (Å²) < 4.78 is 7.71. The molecule has 3 aromatic rings. The van der Waals surface area contributed by atoms with Gasteiger partial charge in [0.15, 0.2) is 5.16 Å². The third kappa shape index (κ3) is 3.51. The summed E-state index contributed by atoms with van der Waals surface area (Å²) in [6, 6.07) is 4.00. The van der Waals surface area contributed by atoms with E-state index >= 15 is 0 Å². The molecule has 4 heterocycles. The molecule has 2 aliphatic rings. The first-order chi connectivity index (χ1) is 13.8. The van der Waals surface area contributed by atoms with Gasteiger partial charge in [-0.2, -0.15) is 0 Å².